The Hall–Kier alpha value is -0.400. The summed E-state index contributed by atoms with van der Waals surface area (Å²) in [5, 5.41) is 0. The standard InChI is InChI=1S/C32H50O10/c1-17-7-9-23-19(3)25(35-27-31(23)21(17)11-13-29(5,37-27)39-41-31)33-15-16-34-26-20(4)24-10-8-18(2)22-12-14-30(6)38-28(36-26)32(22,24)42-40-30/h17-28H,7-16H2,1-6H3/t17-,18-,19-,20-,21+,22+,23+,24+,25+,26+,27-,28-,29-,30-,31-,32-/m0/s1. The maximum absolute atomic E-state index is 6.58. The Kier molecular flexibility index (Phi) is 6.95. The molecule has 10 nitrogen and oxygen atoms in total. The van der Waals surface area contributed by atoms with E-state index in [0.29, 0.717) is 36.9 Å². The Morgan fingerprint density at radius 2 is 0.976 bits per heavy atom. The molecule has 2 spiro atoms. The first-order valence-electron chi connectivity index (χ1n) is 16.7. The summed E-state index contributed by atoms with van der Waals surface area (Å²) in [4.78, 5) is 24.4. The minimum absolute atomic E-state index is 0.129. The monoisotopic (exact) mass is 594 g/mol. The summed E-state index contributed by atoms with van der Waals surface area (Å²) in [5.41, 5.74) is -1.17. The molecule has 8 saturated heterocycles. The van der Waals surface area contributed by atoms with Crippen molar-refractivity contribution in [1.82, 2.24) is 0 Å². The molecule has 8 aliphatic heterocycles. The van der Waals surface area contributed by atoms with E-state index in [0.717, 1.165) is 38.5 Å². The SMILES string of the molecule is C[C@@H]1[C@H](OCCO[C@@H]2O[C@H]3O[C@]4(C)CC[C@@H]5[C@@H](C)CC[C@H]([C@@H]2C)[C@]35OO4)O[C@H]2O[C@]3(C)CC[C@@H]4[C@@H](C)CC[C@H]1[C@]24OO3. The van der Waals surface area contributed by atoms with E-state index in [1.807, 2.05) is 13.8 Å². The van der Waals surface area contributed by atoms with Crippen LogP contribution in [-0.2, 0) is 48.0 Å². The highest BCUT2D eigenvalue weighted by Crippen LogP contribution is 2.62. The van der Waals surface area contributed by atoms with Crippen LogP contribution in [0.25, 0.3) is 0 Å². The minimum Gasteiger partial charge on any atom is -0.350 e. The van der Waals surface area contributed by atoms with Crippen LogP contribution in [0.15, 0.2) is 0 Å². The fraction of sp³-hybridized carbons (Fsp3) is 1.00. The van der Waals surface area contributed by atoms with Crippen molar-refractivity contribution in [3.8, 4) is 0 Å². The lowest BCUT2D eigenvalue weighted by molar-refractivity contribution is -0.578. The molecule has 238 valence electrons. The van der Waals surface area contributed by atoms with E-state index in [-0.39, 0.29) is 23.7 Å². The molecule has 16 atom stereocenters. The third-order valence-electron chi connectivity index (χ3n) is 12.8. The Labute approximate surface area is 249 Å². The molecule has 10 rings (SSSR count). The first-order valence-corrected chi connectivity index (χ1v) is 16.7. The molecular formula is C32H50O10. The van der Waals surface area contributed by atoms with Gasteiger partial charge in [0.25, 0.3) is 0 Å². The second-order valence-corrected chi connectivity index (χ2v) is 15.3. The molecule has 0 radical (unpaired) electrons. The van der Waals surface area contributed by atoms with E-state index >= 15 is 0 Å². The van der Waals surface area contributed by atoms with Gasteiger partial charge in [-0.2, -0.15) is 0 Å². The highest BCUT2D eigenvalue weighted by Gasteiger charge is 2.71. The Bertz CT molecular complexity index is 965. The average molecular weight is 595 g/mol. The van der Waals surface area contributed by atoms with Crippen molar-refractivity contribution in [2.45, 2.75) is 141 Å². The van der Waals surface area contributed by atoms with E-state index < -0.39 is 47.9 Å². The predicted octanol–water partition coefficient (Wildman–Crippen LogP) is 5.44. The van der Waals surface area contributed by atoms with E-state index in [2.05, 4.69) is 27.7 Å². The molecule has 8 heterocycles. The molecule has 2 saturated carbocycles. The summed E-state index contributed by atoms with van der Waals surface area (Å²) in [6, 6.07) is 0. The van der Waals surface area contributed by atoms with Gasteiger partial charge in [0.1, 0.15) is 0 Å². The Balaban J connectivity index is 0.934. The third kappa shape index (κ3) is 4.06. The lowest BCUT2D eigenvalue weighted by Crippen LogP contribution is -2.70. The fourth-order valence-electron chi connectivity index (χ4n) is 10.5. The van der Waals surface area contributed by atoms with Gasteiger partial charge in [-0.3, -0.25) is 0 Å². The molecule has 10 heteroatoms. The topological polar surface area (TPSA) is 92.3 Å². The zero-order valence-corrected chi connectivity index (χ0v) is 26.1. The lowest BCUT2D eigenvalue weighted by atomic mass is 9.58. The summed E-state index contributed by atoms with van der Waals surface area (Å²) < 4.78 is 38.9. The van der Waals surface area contributed by atoms with Crippen molar-refractivity contribution >= 4 is 0 Å². The molecule has 42 heavy (non-hydrogen) atoms. The van der Waals surface area contributed by atoms with E-state index in [1.165, 1.54) is 12.8 Å². The smallest absolute Gasteiger partial charge is 0.201 e. The molecule has 10 aliphatic rings. The lowest BCUT2D eigenvalue weighted by Gasteiger charge is -2.60. The fourth-order valence-corrected chi connectivity index (χ4v) is 10.5. The quantitative estimate of drug-likeness (QED) is 0.303. The molecule has 0 aromatic heterocycles. The van der Waals surface area contributed by atoms with Crippen molar-refractivity contribution in [1.29, 1.82) is 0 Å². The largest absolute Gasteiger partial charge is 0.350 e. The van der Waals surface area contributed by atoms with Crippen LogP contribution in [0.4, 0.5) is 0 Å². The highest BCUT2D eigenvalue weighted by molar-refractivity contribution is 5.10. The normalized spacial score (nSPS) is 59.9. The average Bonchev–Trinajstić information content (AvgIpc) is 3.33. The molecule has 0 unspecified atom stereocenters. The van der Waals surface area contributed by atoms with E-state index in [4.69, 9.17) is 48.0 Å². The van der Waals surface area contributed by atoms with Crippen LogP contribution in [0.2, 0.25) is 0 Å². The Morgan fingerprint density at radius 3 is 1.40 bits per heavy atom. The summed E-state index contributed by atoms with van der Waals surface area (Å²) in [5.74, 6) is 0.881. The van der Waals surface area contributed by atoms with Crippen molar-refractivity contribution in [2.75, 3.05) is 13.2 Å². The predicted molar refractivity (Wildman–Crippen MR) is 146 cm³/mol. The number of fused-ring (bicyclic) bond motifs is 4. The van der Waals surface area contributed by atoms with Gasteiger partial charge in [0.2, 0.25) is 11.6 Å². The van der Waals surface area contributed by atoms with Gasteiger partial charge in [-0.1, -0.05) is 27.7 Å². The molecule has 0 N–H and O–H groups in total. The molecule has 0 aromatic rings. The van der Waals surface area contributed by atoms with Gasteiger partial charge in [-0.15, -0.1) is 0 Å². The van der Waals surface area contributed by atoms with Gasteiger partial charge in [0.05, 0.1) is 13.2 Å². The van der Waals surface area contributed by atoms with Crippen LogP contribution in [0.5, 0.6) is 0 Å². The van der Waals surface area contributed by atoms with Crippen LogP contribution in [0.1, 0.15) is 92.9 Å². The summed E-state index contributed by atoms with van der Waals surface area (Å²) in [6.07, 6.45) is 6.21. The number of rotatable bonds is 5. The number of hydrogen-bond acceptors (Lipinski definition) is 10. The first kappa shape index (κ1) is 29.0. The van der Waals surface area contributed by atoms with Gasteiger partial charge in [0.15, 0.2) is 36.4 Å². The zero-order valence-electron chi connectivity index (χ0n) is 26.1. The van der Waals surface area contributed by atoms with Crippen molar-refractivity contribution in [2.24, 2.45) is 47.3 Å². The molecular weight excluding hydrogens is 544 g/mol. The number of ether oxygens (including phenoxy) is 6. The second-order valence-electron chi connectivity index (χ2n) is 15.3. The zero-order chi connectivity index (χ0) is 29.1. The van der Waals surface area contributed by atoms with Crippen LogP contribution >= 0.6 is 0 Å². The first-order chi connectivity index (χ1) is 20.1. The van der Waals surface area contributed by atoms with Crippen molar-refractivity contribution in [3.05, 3.63) is 0 Å². The summed E-state index contributed by atoms with van der Waals surface area (Å²) in [7, 11) is 0. The van der Waals surface area contributed by atoms with Crippen LogP contribution < -0.4 is 0 Å². The van der Waals surface area contributed by atoms with E-state index in [9.17, 15) is 0 Å². The summed E-state index contributed by atoms with van der Waals surface area (Å²) >= 11 is 0. The van der Waals surface area contributed by atoms with Crippen LogP contribution in [0, 0.1) is 47.3 Å². The van der Waals surface area contributed by atoms with Gasteiger partial charge >= 0.3 is 0 Å². The van der Waals surface area contributed by atoms with Gasteiger partial charge in [-0.25, -0.2) is 19.6 Å². The molecule has 2 aliphatic carbocycles. The minimum atomic E-state index is -0.793. The number of hydrogen-bond donors (Lipinski definition) is 0. The van der Waals surface area contributed by atoms with Crippen LogP contribution in [-0.4, -0.2) is 61.2 Å². The van der Waals surface area contributed by atoms with Crippen LogP contribution in [0.3, 0.4) is 0 Å². The maximum atomic E-state index is 6.58. The second kappa shape index (κ2) is 10.0. The van der Waals surface area contributed by atoms with E-state index in [1.54, 1.807) is 0 Å². The van der Waals surface area contributed by atoms with Gasteiger partial charge in [0, 0.05) is 36.5 Å². The Morgan fingerprint density at radius 1 is 0.548 bits per heavy atom. The van der Waals surface area contributed by atoms with Gasteiger partial charge in [-0.05, 0) is 76.0 Å². The molecule has 10 fully saturated rings. The summed E-state index contributed by atoms with van der Waals surface area (Å²) in [6.45, 7) is 13.8. The highest BCUT2D eigenvalue weighted by atomic mass is 17.3. The van der Waals surface area contributed by atoms with Crippen molar-refractivity contribution in [3.63, 3.8) is 0 Å². The molecule has 0 amide bonds. The van der Waals surface area contributed by atoms with Crippen molar-refractivity contribution < 1.29 is 48.0 Å². The van der Waals surface area contributed by atoms with Gasteiger partial charge < -0.3 is 28.4 Å². The molecule has 4 bridgehead atoms. The third-order valence-corrected chi connectivity index (χ3v) is 12.8. The maximum Gasteiger partial charge on any atom is 0.201 e. The molecule has 0 aromatic carbocycles.